The quantitative estimate of drug-likeness (QED) is 0.771. The van der Waals surface area contributed by atoms with Crippen LogP contribution in [0.3, 0.4) is 0 Å². The van der Waals surface area contributed by atoms with Crippen LogP contribution in [-0.4, -0.2) is 18.4 Å². The Morgan fingerprint density at radius 3 is 2.12 bits per heavy atom. The van der Waals surface area contributed by atoms with Gasteiger partial charge in [0, 0.05) is 12.1 Å². The Labute approximate surface area is 149 Å². The SMILES string of the molecule is CC(C)CCNC(=O)CC(NC(=O)c1ccccc1)c1ccccc1. The third-order valence-corrected chi connectivity index (χ3v) is 3.98. The molecule has 2 N–H and O–H groups in total. The molecular weight excluding hydrogens is 312 g/mol. The zero-order valence-corrected chi connectivity index (χ0v) is 14.9. The van der Waals surface area contributed by atoms with E-state index in [1.54, 1.807) is 12.1 Å². The standard InChI is InChI=1S/C21H26N2O2/c1-16(2)13-14-22-20(24)15-19(17-9-5-3-6-10-17)23-21(25)18-11-7-4-8-12-18/h3-12,16,19H,13-15H2,1-2H3,(H,22,24)(H,23,25). The summed E-state index contributed by atoms with van der Waals surface area (Å²) in [5.74, 6) is 0.315. The molecule has 1 atom stereocenters. The minimum Gasteiger partial charge on any atom is -0.356 e. The van der Waals surface area contributed by atoms with Gasteiger partial charge in [0.1, 0.15) is 0 Å². The molecule has 2 aromatic carbocycles. The van der Waals surface area contributed by atoms with Crippen LogP contribution in [0.2, 0.25) is 0 Å². The number of rotatable bonds is 8. The summed E-state index contributed by atoms with van der Waals surface area (Å²) in [7, 11) is 0. The number of carbonyl (C=O) groups excluding carboxylic acids is 2. The van der Waals surface area contributed by atoms with Crippen LogP contribution in [0.1, 0.15) is 48.7 Å². The molecule has 0 aliphatic rings. The van der Waals surface area contributed by atoms with Crippen LogP contribution >= 0.6 is 0 Å². The van der Waals surface area contributed by atoms with Gasteiger partial charge in [-0.1, -0.05) is 62.4 Å². The van der Waals surface area contributed by atoms with E-state index in [1.807, 2.05) is 48.5 Å². The first-order valence-corrected chi connectivity index (χ1v) is 8.74. The van der Waals surface area contributed by atoms with E-state index >= 15 is 0 Å². The number of hydrogen-bond donors (Lipinski definition) is 2. The van der Waals surface area contributed by atoms with Crippen molar-refractivity contribution in [2.24, 2.45) is 5.92 Å². The summed E-state index contributed by atoms with van der Waals surface area (Å²) in [4.78, 5) is 24.7. The maximum absolute atomic E-state index is 12.5. The van der Waals surface area contributed by atoms with E-state index in [4.69, 9.17) is 0 Å². The van der Waals surface area contributed by atoms with Crippen molar-refractivity contribution in [2.75, 3.05) is 6.54 Å². The van der Waals surface area contributed by atoms with E-state index in [0.717, 1.165) is 12.0 Å². The number of amides is 2. The summed E-state index contributed by atoms with van der Waals surface area (Å²) in [5, 5.41) is 5.92. The van der Waals surface area contributed by atoms with Crippen LogP contribution in [0.4, 0.5) is 0 Å². The number of hydrogen-bond acceptors (Lipinski definition) is 2. The zero-order valence-electron chi connectivity index (χ0n) is 14.9. The molecule has 0 saturated carbocycles. The molecule has 25 heavy (non-hydrogen) atoms. The molecule has 0 spiro atoms. The Bertz CT molecular complexity index is 669. The van der Waals surface area contributed by atoms with Crippen LogP contribution in [0, 0.1) is 5.92 Å². The van der Waals surface area contributed by atoms with E-state index in [0.29, 0.717) is 18.0 Å². The molecule has 0 radical (unpaired) electrons. The third-order valence-electron chi connectivity index (χ3n) is 3.98. The molecule has 0 aliphatic heterocycles. The lowest BCUT2D eigenvalue weighted by molar-refractivity contribution is -0.121. The second kappa shape index (κ2) is 9.62. The van der Waals surface area contributed by atoms with E-state index in [2.05, 4.69) is 24.5 Å². The van der Waals surface area contributed by atoms with Crippen molar-refractivity contribution in [2.45, 2.75) is 32.7 Å². The van der Waals surface area contributed by atoms with Gasteiger partial charge in [-0.15, -0.1) is 0 Å². The normalized spacial score (nSPS) is 11.8. The van der Waals surface area contributed by atoms with Crippen LogP contribution in [0.15, 0.2) is 60.7 Å². The molecule has 0 aromatic heterocycles. The topological polar surface area (TPSA) is 58.2 Å². The molecule has 2 amide bonds. The van der Waals surface area contributed by atoms with Gasteiger partial charge in [0.25, 0.3) is 5.91 Å². The van der Waals surface area contributed by atoms with Crippen LogP contribution in [-0.2, 0) is 4.79 Å². The van der Waals surface area contributed by atoms with Gasteiger partial charge in [0.2, 0.25) is 5.91 Å². The van der Waals surface area contributed by atoms with Crippen molar-refractivity contribution >= 4 is 11.8 Å². The maximum Gasteiger partial charge on any atom is 0.251 e. The highest BCUT2D eigenvalue weighted by Gasteiger charge is 2.19. The maximum atomic E-state index is 12.5. The highest BCUT2D eigenvalue weighted by Crippen LogP contribution is 2.17. The van der Waals surface area contributed by atoms with Gasteiger partial charge >= 0.3 is 0 Å². The molecule has 2 rings (SSSR count). The average molecular weight is 338 g/mol. The van der Waals surface area contributed by atoms with E-state index in [-0.39, 0.29) is 24.3 Å². The number of carbonyl (C=O) groups is 2. The molecular formula is C21H26N2O2. The molecule has 0 bridgehead atoms. The minimum atomic E-state index is -0.354. The fraction of sp³-hybridized carbons (Fsp3) is 0.333. The summed E-state index contributed by atoms with van der Waals surface area (Å²) in [6.07, 6.45) is 1.17. The Balaban J connectivity index is 2.03. The van der Waals surface area contributed by atoms with Crippen molar-refractivity contribution in [1.82, 2.24) is 10.6 Å². The predicted molar refractivity (Wildman–Crippen MR) is 100 cm³/mol. The smallest absolute Gasteiger partial charge is 0.251 e. The molecule has 1 unspecified atom stereocenters. The first-order chi connectivity index (χ1) is 12.1. The number of benzene rings is 2. The minimum absolute atomic E-state index is 0.0529. The van der Waals surface area contributed by atoms with Gasteiger partial charge in [-0.25, -0.2) is 0 Å². The molecule has 0 fully saturated rings. The van der Waals surface area contributed by atoms with Crippen LogP contribution < -0.4 is 10.6 Å². The Hall–Kier alpha value is -2.62. The molecule has 0 saturated heterocycles. The summed E-state index contributed by atoms with van der Waals surface area (Å²) in [5.41, 5.74) is 1.51. The van der Waals surface area contributed by atoms with Gasteiger partial charge in [0.05, 0.1) is 12.5 Å². The Morgan fingerprint density at radius 1 is 0.920 bits per heavy atom. The molecule has 0 aliphatic carbocycles. The molecule has 4 heteroatoms. The molecule has 0 heterocycles. The largest absolute Gasteiger partial charge is 0.356 e. The van der Waals surface area contributed by atoms with Crippen LogP contribution in [0.5, 0.6) is 0 Å². The first-order valence-electron chi connectivity index (χ1n) is 8.74. The molecule has 2 aromatic rings. The lowest BCUT2D eigenvalue weighted by Gasteiger charge is -2.19. The Kier molecular flexibility index (Phi) is 7.20. The van der Waals surface area contributed by atoms with Gasteiger partial charge in [-0.3, -0.25) is 9.59 Å². The molecule has 132 valence electrons. The summed E-state index contributed by atoms with van der Waals surface area (Å²) in [6.45, 7) is 4.91. The first kappa shape index (κ1) is 18.7. The fourth-order valence-corrected chi connectivity index (χ4v) is 2.53. The van der Waals surface area contributed by atoms with Gasteiger partial charge in [-0.2, -0.15) is 0 Å². The summed E-state index contributed by atoms with van der Waals surface area (Å²) >= 11 is 0. The predicted octanol–water partition coefficient (Wildman–Crippen LogP) is 3.71. The van der Waals surface area contributed by atoms with Crippen molar-refractivity contribution in [1.29, 1.82) is 0 Å². The monoisotopic (exact) mass is 338 g/mol. The van der Waals surface area contributed by atoms with E-state index < -0.39 is 0 Å². The average Bonchev–Trinajstić information content (AvgIpc) is 2.62. The third kappa shape index (κ3) is 6.42. The Morgan fingerprint density at radius 2 is 1.52 bits per heavy atom. The van der Waals surface area contributed by atoms with E-state index in [1.165, 1.54) is 0 Å². The summed E-state index contributed by atoms with van der Waals surface area (Å²) in [6, 6.07) is 18.3. The lowest BCUT2D eigenvalue weighted by atomic mass is 10.0. The fourth-order valence-electron chi connectivity index (χ4n) is 2.53. The lowest BCUT2D eigenvalue weighted by Crippen LogP contribution is -2.34. The summed E-state index contributed by atoms with van der Waals surface area (Å²) < 4.78 is 0. The second-order valence-electron chi connectivity index (χ2n) is 6.54. The van der Waals surface area contributed by atoms with Crippen molar-refractivity contribution in [3.8, 4) is 0 Å². The second-order valence-corrected chi connectivity index (χ2v) is 6.54. The van der Waals surface area contributed by atoms with Gasteiger partial charge < -0.3 is 10.6 Å². The van der Waals surface area contributed by atoms with Gasteiger partial charge in [-0.05, 0) is 30.0 Å². The zero-order chi connectivity index (χ0) is 18.1. The number of nitrogens with one attached hydrogen (secondary N) is 2. The molecule has 4 nitrogen and oxygen atoms in total. The van der Waals surface area contributed by atoms with Crippen LogP contribution in [0.25, 0.3) is 0 Å². The highest BCUT2D eigenvalue weighted by atomic mass is 16.2. The van der Waals surface area contributed by atoms with Crippen molar-refractivity contribution in [3.63, 3.8) is 0 Å². The van der Waals surface area contributed by atoms with E-state index in [9.17, 15) is 9.59 Å². The highest BCUT2D eigenvalue weighted by molar-refractivity contribution is 5.94. The van der Waals surface area contributed by atoms with Crippen molar-refractivity contribution < 1.29 is 9.59 Å². The van der Waals surface area contributed by atoms with Crippen molar-refractivity contribution in [3.05, 3.63) is 71.8 Å². The van der Waals surface area contributed by atoms with Gasteiger partial charge in [0.15, 0.2) is 0 Å².